The first-order chi connectivity index (χ1) is 11.9. The fourth-order valence-electron chi connectivity index (χ4n) is 3.51. The maximum atomic E-state index is 12.7. The number of nitro benzene ring substituents is 1. The number of likely N-dealkylation sites (tertiary alicyclic amines) is 1. The van der Waals surface area contributed by atoms with Crippen LogP contribution in [0.25, 0.3) is 10.9 Å². The summed E-state index contributed by atoms with van der Waals surface area (Å²) in [6.45, 7) is 3.97. The van der Waals surface area contributed by atoms with Crippen molar-refractivity contribution < 1.29 is 9.72 Å². The SMILES string of the molecule is C[C@H]1CCC[C@H](C)N1C(=O)Cn1cnc2cc([N+](=O)[O-])ccc2c1=O. The van der Waals surface area contributed by atoms with E-state index in [0.717, 1.165) is 19.3 Å². The zero-order valence-electron chi connectivity index (χ0n) is 14.2. The van der Waals surface area contributed by atoms with E-state index in [-0.39, 0.29) is 46.7 Å². The highest BCUT2D eigenvalue weighted by Crippen LogP contribution is 2.23. The Hall–Kier alpha value is -2.77. The number of benzene rings is 1. The Morgan fingerprint density at radius 1 is 1.32 bits per heavy atom. The number of nitro groups is 1. The molecule has 1 amide bonds. The predicted molar refractivity (Wildman–Crippen MR) is 92.3 cm³/mol. The Labute approximate surface area is 144 Å². The summed E-state index contributed by atoms with van der Waals surface area (Å²) < 4.78 is 1.27. The summed E-state index contributed by atoms with van der Waals surface area (Å²) in [7, 11) is 0. The van der Waals surface area contributed by atoms with Gasteiger partial charge in [-0.25, -0.2) is 4.98 Å². The van der Waals surface area contributed by atoms with Crippen LogP contribution >= 0.6 is 0 Å². The highest BCUT2D eigenvalue weighted by atomic mass is 16.6. The lowest BCUT2D eigenvalue weighted by molar-refractivity contribution is -0.384. The minimum atomic E-state index is -0.532. The molecule has 132 valence electrons. The van der Waals surface area contributed by atoms with Crippen LogP contribution in [0, 0.1) is 10.1 Å². The molecule has 0 radical (unpaired) electrons. The highest BCUT2D eigenvalue weighted by molar-refractivity contribution is 5.81. The van der Waals surface area contributed by atoms with E-state index in [9.17, 15) is 19.7 Å². The Morgan fingerprint density at radius 3 is 2.64 bits per heavy atom. The van der Waals surface area contributed by atoms with Crippen LogP contribution in [0.4, 0.5) is 5.69 Å². The van der Waals surface area contributed by atoms with Crippen LogP contribution in [-0.2, 0) is 11.3 Å². The van der Waals surface area contributed by atoms with E-state index in [4.69, 9.17) is 0 Å². The first-order valence-electron chi connectivity index (χ1n) is 8.33. The van der Waals surface area contributed by atoms with Crippen molar-refractivity contribution in [1.29, 1.82) is 0 Å². The first kappa shape index (κ1) is 17.1. The van der Waals surface area contributed by atoms with Gasteiger partial charge < -0.3 is 4.90 Å². The lowest BCUT2D eigenvalue weighted by Gasteiger charge is -2.39. The van der Waals surface area contributed by atoms with E-state index in [1.165, 1.54) is 29.1 Å². The van der Waals surface area contributed by atoms with Crippen LogP contribution < -0.4 is 5.56 Å². The van der Waals surface area contributed by atoms with Gasteiger partial charge in [0.25, 0.3) is 11.2 Å². The molecule has 8 heteroatoms. The third kappa shape index (κ3) is 3.24. The topological polar surface area (TPSA) is 98.3 Å². The molecule has 0 aliphatic carbocycles. The van der Waals surface area contributed by atoms with Gasteiger partial charge in [0, 0.05) is 24.2 Å². The monoisotopic (exact) mass is 344 g/mol. The third-order valence-electron chi connectivity index (χ3n) is 4.81. The van der Waals surface area contributed by atoms with Crippen LogP contribution in [0.5, 0.6) is 0 Å². The van der Waals surface area contributed by atoms with E-state index in [2.05, 4.69) is 4.98 Å². The molecule has 3 rings (SSSR count). The third-order valence-corrected chi connectivity index (χ3v) is 4.81. The van der Waals surface area contributed by atoms with Crippen molar-refractivity contribution in [3.8, 4) is 0 Å². The normalized spacial score (nSPS) is 20.6. The van der Waals surface area contributed by atoms with E-state index >= 15 is 0 Å². The van der Waals surface area contributed by atoms with Crippen LogP contribution in [-0.4, -0.2) is 37.4 Å². The second-order valence-electron chi connectivity index (χ2n) is 6.57. The Balaban J connectivity index is 1.90. The molecule has 0 bridgehead atoms. The standard InChI is InChI=1S/C17H20N4O4/c1-11-4-3-5-12(2)20(11)16(22)9-19-10-18-15-8-13(21(24)25)6-7-14(15)17(19)23/h6-8,10-12H,3-5,9H2,1-2H3/t11-,12-/m0/s1. The number of piperidine rings is 1. The fraction of sp³-hybridized carbons (Fsp3) is 0.471. The van der Waals surface area contributed by atoms with Crippen LogP contribution in [0.1, 0.15) is 33.1 Å². The predicted octanol–water partition coefficient (Wildman–Crippen LogP) is 2.09. The first-order valence-corrected chi connectivity index (χ1v) is 8.33. The number of fused-ring (bicyclic) bond motifs is 1. The van der Waals surface area contributed by atoms with Gasteiger partial charge >= 0.3 is 0 Å². The summed E-state index contributed by atoms with van der Waals surface area (Å²) in [5.41, 5.74) is -0.239. The molecule has 2 heterocycles. The van der Waals surface area contributed by atoms with Crippen molar-refractivity contribution in [3.05, 3.63) is 45.0 Å². The van der Waals surface area contributed by atoms with Crippen molar-refractivity contribution >= 4 is 22.5 Å². The number of carbonyl (C=O) groups is 1. The largest absolute Gasteiger partial charge is 0.336 e. The summed E-state index contributed by atoms with van der Waals surface area (Å²) in [6.07, 6.45) is 4.31. The van der Waals surface area contributed by atoms with Gasteiger partial charge in [0.05, 0.1) is 22.2 Å². The van der Waals surface area contributed by atoms with Crippen molar-refractivity contribution in [2.24, 2.45) is 0 Å². The zero-order valence-corrected chi connectivity index (χ0v) is 14.2. The quantitative estimate of drug-likeness (QED) is 0.627. The van der Waals surface area contributed by atoms with Gasteiger partial charge in [-0.3, -0.25) is 24.3 Å². The molecule has 1 fully saturated rings. The lowest BCUT2D eigenvalue weighted by atomic mass is 9.97. The average molecular weight is 344 g/mol. The second kappa shape index (κ2) is 6.62. The maximum absolute atomic E-state index is 12.7. The molecule has 1 aliphatic heterocycles. The highest BCUT2D eigenvalue weighted by Gasteiger charge is 2.29. The average Bonchev–Trinajstić information content (AvgIpc) is 2.57. The van der Waals surface area contributed by atoms with E-state index in [0.29, 0.717) is 0 Å². The fourth-order valence-corrected chi connectivity index (χ4v) is 3.51. The van der Waals surface area contributed by atoms with Crippen molar-refractivity contribution in [2.75, 3.05) is 0 Å². The van der Waals surface area contributed by atoms with Gasteiger partial charge in [-0.15, -0.1) is 0 Å². The Bertz CT molecular complexity index is 882. The van der Waals surface area contributed by atoms with Crippen LogP contribution in [0.3, 0.4) is 0 Å². The van der Waals surface area contributed by atoms with Gasteiger partial charge in [0.2, 0.25) is 5.91 Å². The number of nitrogens with zero attached hydrogens (tertiary/aromatic N) is 4. The molecule has 25 heavy (non-hydrogen) atoms. The Kier molecular flexibility index (Phi) is 4.52. The minimum absolute atomic E-state index is 0.0760. The van der Waals surface area contributed by atoms with Gasteiger partial charge in [-0.1, -0.05) is 0 Å². The van der Waals surface area contributed by atoms with E-state index in [1.807, 2.05) is 18.7 Å². The lowest BCUT2D eigenvalue weighted by Crippen LogP contribution is -2.49. The maximum Gasteiger partial charge on any atom is 0.271 e. The molecule has 1 aliphatic rings. The van der Waals surface area contributed by atoms with E-state index < -0.39 is 4.92 Å². The van der Waals surface area contributed by atoms with Gasteiger partial charge in [0.1, 0.15) is 6.54 Å². The molecule has 2 atom stereocenters. The molecule has 0 saturated carbocycles. The summed E-state index contributed by atoms with van der Waals surface area (Å²) in [5, 5.41) is 11.1. The second-order valence-corrected chi connectivity index (χ2v) is 6.57. The van der Waals surface area contributed by atoms with Crippen molar-refractivity contribution in [1.82, 2.24) is 14.5 Å². The van der Waals surface area contributed by atoms with Crippen LogP contribution in [0.2, 0.25) is 0 Å². The molecule has 1 aromatic carbocycles. The summed E-state index contributed by atoms with van der Waals surface area (Å²) in [4.78, 5) is 41.5. The molecule has 0 N–H and O–H groups in total. The molecule has 0 spiro atoms. The molecule has 1 aromatic heterocycles. The zero-order chi connectivity index (χ0) is 18.1. The number of amides is 1. The minimum Gasteiger partial charge on any atom is -0.336 e. The molecule has 1 saturated heterocycles. The summed E-state index contributed by atoms with van der Waals surface area (Å²) in [5.74, 6) is -0.107. The van der Waals surface area contributed by atoms with Crippen molar-refractivity contribution in [3.63, 3.8) is 0 Å². The number of aromatic nitrogens is 2. The van der Waals surface area contributed by atoms with Crippen LogP contribution in [0.15, 0.2) is 29.3 Å². The number of rotatable bonds is 3. The molecule has 0 unspecified atom stereocenters. The molecular formula is C17H20N4O4. The smallest absolute Gasteiger partial charge is 0.271 e. The molecule has 8 nitrogen and oxygen atoms in total. The molecular weight excluding hydrogens is 324 g/mol. The van der Waals surface area contributed by atoms with Gasteiger partial charge in [-0.05, 0) is 39.2 Å². The van der Waals surface area contributed by atoms with Gasteiger partial charge in [-0.2, -0.15) is 0 Å². The number of carbonyl (C=O) groups excluding carboxylic acids is 1. The van der Waals surface area contributed by atoms with E-state index in [1.54, 1.807) is 0 Å². The number of non-ortho nitro benzene ring substituents is 1. The number of hydrogen-bond acceptors (Lipinski definition) is 5. The Morgan fingerprint density at radius 2 is 2.00 bits per heavy atom. The number of hydrogen-bond donors (Lipinski definition) is 0. The van der Waals surface area contributed by atoms with Gasteiger partial charge in [0.15, 0.2) is 0 Å². The molecule has 2 aromatic rings. The van der Waals surface area contributed by atoms with Crippen molar-refractivity contribution in [2.45, 2.75) is 51.7 Å². The summed E-state index contributed by atoms with van der Waals surface area (Å²) >= 11 is 0. The summed E-state index contributed by atoms with van der Waals surface area (Å²) in [6, 6.07) is 4.23.